The molecular weight excluding hydrogens is 1830 g/mol. The molecule has 0 radical (unpaired) electrons. The number of ether oxygens (including phenoxy) is 9. The van der Waals surface area contributed by atoms with E-state index >= 15 is 0 Å². The van der Waals surface area contributed by atoms with Crippen LogP contribution in [0.5, 0.6) is 23.0 Å². The zero-order valence-corrected chi connectivity index (χ0v) is 88.4. The van der Waals surface area contributed by atoms with Gasteiger partial charge in [0.1, 0.15) is 35.2 Å². The molecule has 1 N–H and O–H groups in total. The van der Waals surface area contributed by atoms with E-state index in [1.54, 1.807) is 48.0 Å². The fourth-order valence-corrected chi connectivity index (χ4v) is 19.8. The molecule has 0 aromatic heterocycles. The molecular formula is C112H158N4O25Si. The third kappa shape index (κ3) is 42.2. The molecule has 0 spiro atoms. The first kappa shape index (κ1) is 122. The molecule has 8 rings (SSSR count). The second-order valence-electron chi connectivity index (χ2n) is 39.7. The summed E-state index contributed by atoms with van der Waals surface area (Å²) < 4.78 is 59.0. The Labute approximate surface area is 843 Å². The van der Waals surface area contributed by atoms with Crippen molar-refractivity contribution >= 4 is 74.4 Å². The normalized spacial score (nSPS) is 20.8. The monoisotopic (exact) mass is 1990 g/mol. The lowest BCUT2D eigenvalue weighted by Crippen LogP contribution is -2.51. The lowest BCUT2D eigenvalue weighted by molar-refractivity contribution is -0.296. The number of carbonyl (C=O) groups is 9. The van der Waals surface area contributed by atoms with Crippen LogP contribution in [0.4, 0.5) is 0 Å². The van der Waals surface area contributed by atoms with E-state index in [2.05, 4.69) is 122 Å². The van der Waals surface area contributed by atoms with Crippen LogP contribution in [0.15, 0.2) is 167 Å². The Morgan fingerprint density at radius 1 is 0.542 bits per heavy atom. The predicted octanol–water partition coefficient (Wildman–Crippen LogP) is 23.1. The lowest BCUT2D eigenvalue weighted by Gasteiger charge is -2.58. The van der Waals surface area contributed by atoms with Gasteiger partial charge in [-0.3, -0.25) is 0 Å². The summed E-state index contributed by atoms with van der Waals surface area (Å²) in [5.74, 6) is 0.325. The summed E-state index contributed by atoms with van der Waals surface area (Å²) in [7, 11) is 1.31. The molecule has 13 atom stereocenters. The highest BCUT2D eigenvalue weighted by Gasteiger charge is 2.59. The van der Waals surface area contributed by atoms with Crippen molar-refractivity contribution in [1.29, 1.82) is 10.5 Å². The second kappa shape index (κ2) is 61.9. The van der Waals surface area contributed by atoms with Crippen molar-refractivity contribution in [3.05, 3.63) is 174 Å². The second-order valence-corrected chi connectivity index (χ2v) is 43.3. The summed E-state index contributed by atoms with van der Waals surface area (Å²) in [6.45, 7) is 52.0. The average Bonchev–Trinajstić information content (AvgIpc) is 1.44. The fourth-order valence-electron chi connectivity index (χ4n) is 18.3. The molecule has 142 heavy (non-hydrogen) atoms. The van der Waals surface area contributed by atoms with Gasteiger partial charge in [0.15, 0.2) is 11.1 Å². The molecule has 30 heteroatoms. The number of hydrogen-bond donors (Lipinski definition) is 1. The molecule has 29 nitrogen and oxygen atoms in total. The highest BCUT2D eigenvalue weighted by atomic mass is 28.4. The van der Waals surface area contributed by atoms with E-state index in [4.69, 9.17) is 71.0 Å². The van der Waals surface area contributed by atoms with Gasteiger partial charge in [-0.1, -0.05) is 174 Å². The molecule has 3 aromatic rings. The Morgan fingerprint density at radius 2 is 1.01 bits per heavy atom. The van der Waals surface area contributed by atoms with Crippen LogP contribution in [0.3, 0.4) is 0 Å². The SMILES string of the molecule is C=C(C)C(=O)OCCCOOCCCC(C)(C#N)N=C=NC(C)(C#N)CCCOOCCCOC(=O)C(=C)C.C=C(C)C(=O)Oc1cc(OC(=O)C(=C)C)cc(C(=O)OC2CCC3(C)C(=CCC4C3CCC3(C)C(C(C)CCCC(C)C)CCC43)C2)c1.C=C(C)C(=O)Oc1cc(OC(=O)C(=C)C)cc(C(=O)OCCCCCCCC)c1.CO[Si](C)(CCC1CCC(O)C(OC(=O)/C=C/c2ccccc2)C1)OC. The van der Waals surface area contributed by atoms with Crippen LogP contribution in [-0.4, -0.2) is 163 Å². The number of aliphatic imine (C=N–C) groups is 2. The molecule has 0 bridgehead atoms. The number of fused-ring (bicyclic) bond motifs is 5. The summed E-state index contributed by atoms with van der Waals surface area (Å²) in [5, 5.41) is 29.2. The third-order valence-electron chi connectivity index (χ3n) is 26.9. The van der Waals surface area contributed by atoms with Crippen molar-refractivity contribution in [2.24, 2.45) is 62.2 Å². The maximum atomic E-state index is 13.5. The molecule has 780 valence electrons. The van der Waals surface area contributed by atoms with Crippen molar-refractivity contribution in [1.82, 2.24) is 0 Å². The number of allylic oxidation sites excluding steroid dienone is 1. The molecule has 5 aliphatic carbocycles. The number of carbonyl (C=O) groups excluding carboxylic acids is 9. The number of nitriles is 2. The van der Waals surface area contributed by atoms with Gasteiger partial charge < -0.3 is 56.6 Å². The first-order valence-electron chi connectivity index (χ1n) is 50.1. The minimum Gasteiger partial charge on any atom is -0.462 e. The fraction of sp³-hybridized carbons (Fsp3) is 0.589. The van der Waals surface area contributed by atoms with Gasteiger partial charge in [-0.25, -0.2) is 72.7 Å². The molecule has 0 aliphatic heterocycles. The van der Waals surface area contributed by atoms with Gasteiger partial charge in [0.2, 0.25) is 0 Å². The summed E-state index contributed by atoms with van der Waals surface area (Å²) in [4.78, 5) is 137. The van der Waals surface area contributed by atoms with Gasteiger partial charge in [0, 0.05) is 85.1 Å². The van der Waals surface area contributed by atoms with Gasteiger partial charge in [-0.15, -0.1) is 0 Å². The predicted molar refractivity (Wildman–Crippen MR) is 545 cm³/mol. The van der Waals surface area contributed by atoms with E-state index in [0.717, 1.165) is 99.0 Å². The molecule has 4 saturated carbocycles. The quantitative estimate of drug-likeness (QED) is 0.00524. The highest BCUT2D eigenvalue weighted by molar-refractivity contribution is 6.65. The number of hydrogen-bond acceptors (Lipinski definition) is 29. The van der Waals surface area contributed by atoms with Crippen LogP contribution in [-0.2, 0) is 85.6 Å². The van der Waals surface area contributed by atoms with E-state index in [1.807, 2.05) is 30.3 Å². The van der Waals surface area contributed by atoms with Gasteiger partial charge >= 0.3 is 62.3 Å². The van der Waals surface area contributed by atoms with Gasteiger partial charge in [-0.2, -0.15) is 10.5 Å². The third-order valence-corrected chi connectivity index (χ3v) is 29.8. The number of esters is 9. The molecule has 3 aromatic carbocycles. The van der Waals surface area contributed by atoms with Crippen molar-refractivity contribution in [3.8, 4) is 35.1 Å². The van der Waals surface area contributed by atoms with Crippen LogP contribution in [0, 0.1) is 74.9 Å². The molecule has 5 aliphatic rings. The van der Waals surface area contributed by atoms with Crippen LogP contribution in [0.25, 0.3) is 6.08 Å². The van der Waals surface area contributed by atoms with Crippen LogP contribution in [0.1, 0.15) is 297 Å². The first-order valence-corrected chi connectivity index (χ1v) is 52.6. The van der Waals surface area contributed by atoms with Gasteiger partial charge in [-0.05, 0) is 259 Å². The number of benzene rings is 3. The van der Waals surface area contributed by atoms with E-state index in [1.165, 1.54) is 140 Å². The highest BCUT2D eigenvalue weighted by Crippen LogP contribution is 2.67. The van der Waals surface area contributed by atoms with E-state index < -0.39 is 85.6 Å². The maximum absolute atomic E-state index is 13.5. The average molecular weight is 1990 g/mol. The summed E-state index contributed by atoms with van der Waals surface area (Å²) in [5.41, 5.74) is 2.57. The molecule has 0 saturated heterocycles. The first-order chi connectivity index (χ1) is 67.3. The number of aliphatic hydroxyl groups excluding tert-OH is 1. The van der Waals surface area contributed by atoms with E-state index in [-0.39, 0.29) is 108 Å². The minimum absolute atomic E-state index is 0.0523. The topological polar surface area (TPSA) is 385 Å². The number of unbranched alkanes of at least 4 members (excludes halogenated alkanes) is 5. The Kier molecular flexibility index (Phi) is 53.0. The van der Waals surface area contributed by atoms with Gasteiger partial charge in [0.05, 0.1) is 81.6 Å². The Balaban J connectivity index is 0.000000343. The van der Waals surface area contributed by atoms with Crippen molar-refractivity contribution in [3.63, 3.8) is 0 Å². The number of rotatable bonds is 53. The van der Waals surface area contributed by atoms with Gasteiger partial charge in [0.25, 0.3) is 0 Å². The number of nitrogens with zero attached hydrogens (tertiary/aromatic N) is 4. The van der Waals surface area contributed by atoms with Crippen LogP contribution >= 0.6 is 0 Å². The van der Waals surface area contributed by atoms with Crippen molar-refractivity contribution in [2.75, 3.05) is 60.5 Å². The Hall–Kier alpha value is -10.9. The zero-order chi connectivity index (χ0) is 105. The van der Waals surface area contributed by atoms with Crippen molar-refractivity contribution in [2.45, 2.75) is 312 Å². The Morgan fingerprint density at radius 3 is 1.49 bits per heavy atom. The lowest BCUT2D eigenvalue weighted by atomic mass is 9.47. The molecule has 0 amide bonds. The Bertz CT molecular complexity index is 4790. The van der Waals surface area contributed by atoms with Crippen LogP contribution in [0.2, 0.25) is 12.6 Å². The number of aliphatic hydroxyl groups is 1. The minimum atomic E-state index is -2.08. The van der Waals surface area contributed by atoms with E-state index in [9.17, 15) is 58.8 Å². The summed E-state index contributed by atoms with van der Waals surface area (Å²) >= 11 is 0. The molecule has 4 fully saturated rings. The standard InChI is InChI=1S/C42H58O6.C27H40N4O8.C23H30O6.C20H30O5Si/c1-25(2)11-10-12-28(7)35-15-16-36-34-14-13-30-23-31(17-19-41(30,8)37(34)18-20-42(35,36)9)46-40(45)29-21-32(47-38(43)26(3)4)24-33(22-29)48-39(44)27(5)6;1-22(2)24(32)34-13-9-17-38-36-15-7-11-26(5,19-28)30-21-31-27(6,20-29)12-8-16-37-39-18-10-14-35-25(33)23(3)4;1-6-7-8-9-10-11-12-27-23(26)18-13-19(28-21(24)16(2)3)15-20(14-18)29-22(25)17(4)5;1-23-26(3,24-2)14-13-17-9-11-18(21)19(15-17)25-20(22)12-10-16-7-5-4-6-8-16/h13,21-22,24-25,28,31,34-37H,3,5,10-12,14-20,23H2,1-2,4,6-9H3;1,3,7-18H2,2,4-6H3;13-15H,2,4,6-12H2,1,3,5H3;4-8,10,12,17-19,21H,9,11,13-15H2,1-3H3/b;;;12-10+. The smallest absolute Gasteiger partial charge is 0.338 e. The maximum Gasteiger partial charge on any atom is 0.338 e. The molecule has 13 unspecified atom stereocenters. The van der Waals surface area contributed by atoms with Crippen molar-refractivity contribution < 1.29 is 119 Å². The largest absolute Gasteiger partial charge is 0.462 e. The summed E-state index contributed by atoms with van der Waals surface area (Å²) in [6.07, 6.45) is 29.9. The zero-order valence-electron chi connectivity index (χ0n) is 87.4. The van der Waals surface area contributed by atoms with Crippen LogP contribution < -0.4 is 18.9 Å². The van der Waals surface area contributed by atoms with E-state index in [0.29, 0.717) is 86.4 Å². The molecule has 0 heterocycles. The summed E-state index contributed by atoms with van der Waals surface area (Å²) in [6, 6.07) is 25.6.